The first-order valence-electron chi connectivity index (χ1n) is 10.8. The molecule has 172 valence electrons. The summed E-state index contributed by atoms with van der Waals surface area (Å²) < 4.78 is 43.1. The number of para-hydroxylation sites is 1. The normalized spacial score (nSPS) is 13.4. The number of carbonyl (C=O) groups excluding carboxylic acids is 1. The van der Waals surface area contributed by atoms with E-state index in [0.717, 1.165) is 35.5 Å². The minimum absolute atomic E-state index is 0.289. The van der Waals surface area contributed by atoms with Crippen molar-refractivity contribution < 1.29 is 22.7 Å². The second-order valence-electron chi connectivity index (χ2n) is 7.92. The number of amides is 1. The third-order valence-electron chi connectivity index (χ3n) is 5.29. The first kappa shape index (κ1) is 22.6. The molecular formula is C25H24F3N3O2. The van der Waals surface area contributed by atoms with Gasteiger partial charge in [-0.05, 0) is 66.8 Å². The van der Waals surface area contributed by atoms with Gasteiger partial charge in [-0.15, -0.1) is 0 Å². The number of halogens is 3. The molecule has 0 saturated heterocycles. The highest BCUT2D eigenvalue weighted by molar-refractivity contribution is 6.00. The Hall–Kier alpha value is -3.55. The molecular weight excluding hydrogens is 431 g/mol. The average molecular weight is 455 g/mol. The fourth-order valence-electron chi connectivity index (χ4n) is 3.47. The summed E-state index contributed by atoms with van der Waals surface area (Å²) in [6.45, 7) is -0.106. The maximum Gasteiger partial charge on any atom is 0.390 e. The van der Waals surface area contributed by atoms with Gasteiger partial charge in [-0.25, -0.2) is 0 Å². The molecule has 1 amide bonds. The fraction of sp³-hybridized carbons (Fsp3) is 0.280. The van der Waals surface area contributed by atoms with Gasteiger partial charge < -0.3 is 15.4 Å². The first-order chi connectivity index (χ1) is 15.9. The number of nitrogens with one attached hydrogen (secondary N) is 2. The van der Waals surface area contributed by atoms with E-state index in [0.29, 0.717) is 18.2 Å². The van der Waals surface area contributed by atoms with E-state index in [9.17, 15) is 18.0 Å². The summed E-state index contributed by atoms with van der Waals surface area (Å²) in [6.07, 6.45) is -1.53. The van der Waals surface area contributed by atoms with Gasteiger partial charge >= 0.3 is 6.18 Å². The monoisotopic (exact) mass is 455 g/mol. The molecule has 1 saturated carbocycles. The largest absolute Gasteiger partial charge is 0.487 e. The van der Waals surface area contributed by atoms with Gasteiger partial charge in [0.05, 0.1) is 23.4 Å². The van der Waals surface area contributed by atoms with Crippen molar-refractivity contribution >= 4 is 17.3 Å². The summed E-state index contributed by atoms with van der Waals surface area (Å²) in [6, 6.07) is 18.2. The molecule has 0 atom stereocenters. The lowest BCUT2D eigenvalue weighted by Gasteiger charge is -2.17. The highest BCUT2D eigenvalue weighted by Gasteiger charge is 2.28. The molecule has 0 bridgehead atoms. The molecule has 0 spiro atoms. The summed E-state index contributed by atoms with van der Waals surface area (Å²) in [5.41, 5.74) is 3.58. The van der Waals surface area contributed by atoms with E-state index in [1.807, 2.05) is 36.4 Å². The lowest BCUT2D eigenvalue weighted by atomic mass is 10.1. The molecule has 1 aliphatic rings. The number of pyridine rings is 1. The molecule has 1 aliphatic carbocycles. The summed E-state index contributed by atoms with van der Waals surface area (Å²) in [4.78, 5) is 16.8. The SMILES string of the molecule is O=C(NCCC(F)(F)F)c1ccccc1Nc1ccc(OCc2ccccn2)cc1C1CC1. The molecule has 0 radical (unpaired) electrons. The Bertz CT molecular complexity index is 1100. The molecule has 33 heavy (non-hydrogen) atoms. The maximum absolute atomic E-state index is 12.5. The van der Waals surface area contributed by atoms with Crippen LogP contribution in [0.2, 0.25) is 0 Å². The summed E-state index contributed by atoms with van der Waals surface area (Å²) in [5.74, 6) is 0.579. The summed E-state index contributed by atoms with van der Waals surface area (Å²) in [7, 11) is 0. The summed E-state index contributed by atoms with van der Waals surface area (Å²) in [5, 5.41) is 5.65. The topological polar surface area (TPSA) is 63.2 Å². The number of carbonyl (C=O) groups is 1. The van der Waals surface area contributed by atoms with Gasteiger partial charge in [0.2, 0.25) is 0 Å². The molecule has 5 nitrogen and oxygen atoms in total. The quantitative estimate of drug-likeness (QED) is 0.418. The summed E-state index contributed by atoms with van der Waals surface area (Å²) >= 11 is 0. The molecule has 3 aromatic rings. The van der Waals surface area contributed by atoms with Crippen LogP contribution in [-0.2, 0) is 6.61 Å². The molecule has 2 N–H and O–H groups in total. The number of benzene rings is 2. The van der Waals surface area contributed by atoms with Crippen molar-refractivity contribution in [3.8, 4) is 5.75 Å². The van der Waals surface area contributed by atoms with Gasteiger partial charge in [-0.3, -0.25) is 9.78 Å². The number of rotatable bonds is 9. The Morgan fingerprint density at radius 1 is 1.03 bits per heavy atom. The minimum Gasteiger partial charge on any atom is -0.487 e. The number of aromatic nitrogens is 1. The van der Waals surface area contributed by atoms with Crippen LogP contribution in [0.25, 0.3) is 0 Å². The molecule has 1 aromatic heterocycles. The van der Waals surface area contributed by atoms with Crippen LogP contribution in [-0.4, -0.2) is 23.6 Å². The van der Waals surface area contributed by atoms with Gasteiger partial charge in [-0.1, -0.05) is 18.2 Å². The first-order valence-corrected chi connectivity index (χ1v) is 10.8. The second-order valence-corrected chi connectivity index (χ2v) is 7.92. The molecule has 0 unspecified atom stereocenters. The highest BCUT2D eigenvalue weighted by atomic mass is 19.4. The van der Waals surface area contributed by atoms with Crippen molar-refractivity contribution in [1.82, 2.24) is 10.3 Å². The third kappa shape index (κ3) is 6.47. The Morgan fingerprint density at radius 2 is 1.82 bits per heavy atom. The predicted octanol–water partition coefficient (Wildman–Crippen LogP) is 5.96. The molecule has 4 rings (SSSR count). The zero-order chi connectivity index (χ0) is 23.3. The van der Waals surface area contributed by atoms with Crippen LogP contribution in [0.4, 0.5) is 24.5 Å². The Kier molecular flexibility index (Phi) is 6.82. The van der Waals surface area contributed by atoms with Crippen LogP contribution >= 0.6 is 0 Å². The van der Waals surface area contributed by atoms with Gasteiger partial charge in [0, 0.05) is 18.4 Å². The predicted molar refractivity (Wildman–Crippen MR) is 120 cm³/mol. The zero-order valence-corrected chi connectivity index (χ0v) is 17.9. The molecule has 1 heterocycles. The lowest BCUT2D eigenvalue weighted by molar-refractivity contribution is -0.132. The molecule has 2 aromatic carbocycles. The van der Waals surface area contributed by atoms with Crippen molar-refractivity contribution in [2.45, 2.75) is 38.0 Å². The average Bonchev–Trinajstić information content (AvgIpc) is 3.64. The van der Waals surface area contributed by atoms with Crippen molar-refractivity contribution in [3.63, 3.8) is 0 Å². The highest BCUT2D eigenvalue weighted by Crippen LogP contribution is 2.45. The second kappa shape index (κ2) is 9.94. The Balaban J connectivity index is 1.48. The van der Waals surface area contributed by atoms with Crippen LogP contribution in [0, 0.1) is 0 Å². The van der Waals surface area contributed by atoms with E-state index in [2.05, 4.69) is 15.6 Å². The minimum atomic E-state index is -4.31. The van der Waals surface area contributed by atoms with Crippen LogP contribution in [0.15, 0.2) is 66.9 Å². The van der Waals surface area contributed by atoms with E-state index in [4.69, 9.17) is 4.74 Å². The number of anilines is 2. The lowest BCUT2D eigenvalue weighted by Crippen LogP contribution is -2.28. The van der Waals surface area contributed by atoms with Gasteiger partial charge in [-0.2, -0.15) is 13.2 Å². The van der Waals surface area contributed by atoms with E-state index < -0.39 is 25.0 Å². The standard InChI is InChI=1S/C25H24F3N3O2/c26-25(27,28)12-14-30-24(32)20-6-1-2-7-22(20)31-23-11-10-19(15-21(23)17-8-9-17)33-16-18-5-3-4-13-29-18/h1-7,10-11,13,15,17,31H,8-9,12,14,16H2,(H,30,32). The Labute approximate surface area is 190 Å². The molecule has 0 aliphatic heterocycles. The fourth-order valence-corrected chi connectivity index (χ4v) is 3.47. The van der Waals surface area contributed by atoms with Gasteiger partial charge in [0.1, 0.15) is 12.4 Å². The van der Waals surface area contributed by atoms with Crippen LogP contribution in [0.3, 0.4) is 0 Å². The number of hydrogen-bond donors (Lipinski definition) is 2. The van der Waals surface area contributed by atoms with Crippen LogP contribution in [0.1, 0.15) is 46.8 Å². The zero-order valence-electron chi connectivity index (χ0n) is 17.9. The van der Waals surface area contributed by atoms with E-state index in [-0.39, 0.29) is 5.56 Å². The van der Waals surface area contributed by atoms with Crippen molar-refractivity contribution in [2.24, 2.45) is 0 Å². The molecule has 8 heteroatoms. The number of hydrogen-bond acceptors (Lipinski definition) is 4. The molecule has 1 fully saturated rings. The van der Waals surface area contributed by atoms with Crippen molar-refractivity contribution in [2.75, 3.05) is 11.9 Å². The van der Waals surface area contributed by atoms with Crippen molar-refractivity contribution in [1.29, 1.82) is 0 Å². The van der Waals surface area contributed by atoms with Crippen LogP contribution < -0.4 is 15.4 Å². The number of alkyl halides is 3. The van der Waals surface area contributed by atoms with Crippen LogP contribution in [0.5, 0.6) is 5.75 Å². The van der Waals surface area contributed by atoms with E-state index in [1.54, 1.807) is 30.5 Å². The van der Waals surface area contributed by atoms with Crippen molar-refractivity contribution in [3.05, 3.63) is 83.7 Å². The van der Waals surface area contributed by atoms with Gasteiger partial charge in [0.15, 0.2) is 0 Å². The van der Waals surface area contributed by atoms with E-state index >= 15 is 0 Å². The third-order valence-corrected chi connectivity index (χ3v) is 5.29. The maximum atomic E-state index is 12.5. The smallest absolute Gasteiger partial charge is 0.390 e. The van der Waals surface area contributed by atoms with E-state index in [1.165, 1.54) is 0 Å². The Morgan fingerprint density at radius 3 is 2.55 bits per heavy atom. The number of nitrogens with zero attached hydrogens (tertiary/aromatic N) is 1. The number of ether oxygens (including phenoxy) is 1. The van der Waals surface area contributed by atoms with Gasteiger partial charge in [0.25, 0.3) is 5.91 Å².